The number of nitrogens with zero attached hydrogens (tertiary/aromatic N) is 1. The minimum absolute atomic E-state index is 0.0412. The van der Waals surface area contributed by atoms with Gasteiger partial charge in [0.05, 0.1) is 17.5 Å². The number of rotatable bonds is 4. The number of thioether (sulfide) groups is 1. The lowest BCUT2D eigenvalue weighted by molar-refractivity contribution is -0.117. The van der Waals surface area contributed by atoms with E-state index in [1.807, 2.05) is 77.7 Å². The van der Waals surface area contributed by atoms with Crippen LogP contribution in [0.5, 0.6) is 17.2 Å². The predicted octanol–water partition coefficient (Wildman–Crippen LogP) is 4.72. The Morgan fingerprint density at radius 2 is 1.63 bits per heavy atom. The molecule has 0 N–H and O–H groups in total. The second kappa shape index (κ2) is 8.32. The molecule has 0 aliphatic carbocycles. The highest BCUT2D eigenvalue weighted by Crippen LogP contribution is 2.40. The van der Waals surface area contributed by atoms with E-state index >= 15 is 0 Å². The van der Waals surface area contributed by atoms with Gasteiger partial charge in [-0.3, -0.25) is 9.69 Å². The van der Waals surface area contributed by atoms with Crippen LogP contribution in [0.4, 0.5) is 5.69 Å². The molecule has 0 aromatic heterocycles. The molecule has 0 fully saturated rings. The molecule has 2 aliphatic rings. The fourth-order valence-electron chi connectivity index (χ4n) is 3.75. The maximum atomic E-state index is 13.4. The van der Waals surface area contributed by atoms with Crippen LogP contribution in [-0.2, 0) is 4.79 Å². The minimum Gasteiger partial charge on any atom is -0.489 e. The van der Waals surface area contributed by atoms with Crippen molar-refractivity contribution in [2.45, 2.75) is 10.9 Å². The average Bonchev–Trinajstić information content (AvgIpc) is 2.82. The SMILES string of the molecule is O=C(CSc1ccc2c(c1)OCCO2)N1c2ccccc2OCC1c1ccccc1. The standard InChI is InChI=1S/C24H21NO4S/c26-24(16-30-18-10-11-22-23(14-18)28-13-12-27-22)25-19-8-4-5-9-21(19)29-15-20(25)17-6-2-1-3-7-17/h1-11,14,20H,12-13,15-16H2. The molecular weight excluding hydrogens is 398 g/mol. The first-order chi connectivity index (χ1) is 14.8. The van der Waals surface area contributed by atoms with Crippen LogP contribution in [-0.4, -0.2) is 31.5 Å². The zero-order valence-corrected chi connectivity index (χ0v) is 17.1. The number of fused-ring (bicyclic) bond motifs is 2. The third-order valence-corrected chi connectivity index (χ3v) is 6.14. The maximum absolute atomic E-state index is 13.4. The summed E-state index contributed by atoms with van der Waals surface area (Å²) >= 11 is 1.50. The maximum Gasteiger partial charge on any atom is 0.238 e. The van der Waals surface area contributed by atoms with E-state index in [1.54, 1.807) is 0 Å². The molecule has 0 saturated heterocycles. The van der Waals surface area contributed by atoms with E-state index in [0.29, 0.717) is 25.6 Å². The Hall–Kier alpha value is -3.12. The lowest BCUT2D eigenvalue weighted by Crippen LogP contribution is -2.42. The van der Waals surface area contributed by atoms with Gasteiger partial charge in [0.25, 0.3) is 0 Å². The van der Waals surface area contributed by atoms with Crippen LogP contribution in [0.15, 0.2) is 77.7 Å². The number of carbonyl (C=O) groups is 1. The van der Waals surface area contributed by atoms with Crippen molar-refractivity contribution in [2.24, 2.45) is 0 Å². The number of hydrogen-bond acceptors (Lipinski definition) is 5. The predicted molar refractivity (Wildman–Crippen MR) is 117 cm³/mol. The van der Waals surface area contributed by atoms with Crippen molar-refractivity contribution < 1.29 is 19.0 Å². The van der Waals surface area contributed by atoms with Gasteiger partial charge >= 0.3 is 0 Å². The second-order valence-corrected chi connectivity index (χ2v) is 8.11. The van der Waals surface area contributed by atoms with Crippen molar-refractivity contribution >= 4 is 23.4 Å². The Kier molecular flexibility index (Phi) is 5.24. The van der Waals surface area contributed by atoms with E-state index in [4.69, 9.17) is 14.2 Å². The summed E-state index contributed by atoms with van der Waals surface area (Å²) in [4.78, 5) is 16.3. The van der Waals surface area contributed by atoms with Gasteiger partial charge in [0.2, 0.25) is 5.91 Å². The van der Waals surface area contributed by atoms with Crippen LogP contribution in [0.2, 0.25) is 0 Å². The van der Waals surface area contributed by atoms with Crippen LogP contribution in [0, 0.1) is 0 Å². The molecule has 0 radical (unpaired) electrons. The molecule has 5 nitrogen and oxygen atoms in total. The van der Waals surface area contributed by atoms with Crippen molar-refractivity contribution in [1.82, 2.24) is 0 Å². The summed E-state index contributed by atoms with van der Waals surface area (Å²) in [5.41, 5.74) is 1.87. The van der Waals surface area contributed by atoms with Crippen molar-refractivity contribution in [3.05, 3.63) is 78.4 Å². The molecule has 0 spiro atoms. The van der Waals surface area contributed by atoms with E-state index in [-0.39, 0.29) is 11.9 Å². The van der Waals surface area contributed by atoms with Gasteiger partial charge in [-0.1, -0.05) is 42.5 Å². The number of hydrogen-bond donors (Lipinski definition) is 0. The summed E-state index contributed by atoms with van der Waals surface area (Å²) in [6.07, 6.45) is 0. The first-order valence-electron chi connectivity index (χ1n) is 9.91. The second-order valence-electron chi connectivity index (χ2n) is 7.06. The van der Waals surface area contributed by atoms with Crippen molar-refractivity contribution in [3.8, 4) is 17.2 Å². The summed E-state index contributed by atoms with van der Waals surface area (Å²) in [5.74, 6) is 2.58. The molecule has 1 atom stereocenters. The Morgan fingerprint density at radius 1 is 0.867 bits per heavy atom. The van der Waals surface area contributed by atoms with Gasteiger partial charge < -0.3 is 14.2 Å². The fourth-order valence-corrected chi connectivity index (χ4v) is 4.53. The quantitative estimate of drug-likeness (QED) is 0.573. The van der Waals surface area contributed by atoms with Crippen molar-refractivity contribution in [1.29, 1.82) is 0 Å². The zero-order chi connectivity index (χ0) is 20.3. The van der Waals surface area contributed by atoms with Gasteiger partial charge in [0.15, 0.2) is 11.5 Å². The number of carbonyl (C=O) groups excluding carboxylic acids is 1. The molecule has 2 aliphatic heterocycles. The summed E-state index contributed by atoms with van der Waals surface area (Å²) in [7, 11) is 0. The molecule has 152 valence electrons. The molecule has 6 heteroatoms. The third kappa shape index (κ3) is 3.71. The van der Waals surface area contributed by atoms with E-state index < -0.39 is 0 Å². The highest BCUT2D eigenvalue weighted by Gasteiger charge is 2.33. The zero-order valence-electron chi connectivity index (χ0n) is 16.3. The number of amides is 1. The number of anilines is 1. The number of ether oxygens (including phenoxy) is 3. The summed E-state index contributed by atoms with van der Waals surface area (Å²) in [5, 5.41) is 0. The van der Waals surface area contributed by atoms with Gasteiger partial charge in [-0.15, -0.1) is 11.8 Å². The highest BCUT2D eigenvalue weighted by atomic mass is 32.2. The monoisotopic (exact) mass is 419 g/mol. The molecule has 1 amide bonds. The largest absolute Gasteiger partial charge is 0.489 e. The first kappa shape index (κ1) is 18.9. The number of para-hydroxylation sites is 2. The van der Waals surface area contributed by atoms with E-state index in [9.17, 15) is 4.79 Å². The first-order valence-corrected chi connectivity index (χ1v) is 10.9. The van der Waals surface area contributed by atoms with Gasteiger partial charge in [0, 0.05) is 4.90 Å². The Morgan fingerprint density at radius 3 is 2.50 bits per heavy atom. The molecular formula is C24H21NO4S. The van der Waals surface area contributed by atoms with Gasteiger partial charge in [-0.05, 0) is 35.9 Å². The van der Waals surface area contributed by atoms with E-state index in [2.05, 4.69) is 0 Å². The van der Waals surface area contributed by atoms with E-state index in [1.165, 1.54) is 11.8 Å². The molecule has 0 bridgehead atoms. The molecule has 0 saturated carbocycles. The molecule has 2 heterocycles. The summed E-state index contributed by atoms with van der Waals surface area (Å²) in [6.45, 7) is 1.54. The summed E-state index contributed by atoms with van der Waals surface area (Å²) in [6, 6.07) is 23.4. The lowest BCUT2D eigenvalue weighted by atomic mass is 10.0. The smallest absolute Gasteiger partial charge is 0.238 e. The Bertz CT molecular complexity index is 1060. The van der Waals surface area contributed by atoms with E-state index in [0.717, 1.165) is 33.4 Å². The number of benzene rings is 3. The molecule has 1 unspecified atom stereocenters. The van der Waals surface area contributed by atoms with Gasteiger partial charge in [-0.2, -0.15) is 0 Å². The normalized spacial score (nSPS) is 17.1. The van der Waals surface area contributed by atoms with Crippen molar-refractivity contribution in [2.75, 3.05) is 30.5 Å². The van der Waals surface area contributed by atoms with Crippen LogP contribution in [0.25, 0.3) is 0 Å². The Labute approximate surface area is 179 Å². The van der Waals surface area contributed by atoms with Gasteiger partial charge in [-0.25, -0.2) is 0 Å². The van der Waals surface area contributed by atoms with Crippen LogP contribution in [0.1, 0.15) is 11.6 Å². The average molecular weight is 420 g/mol. The van der Waals surface area contributed by atoms with Crippen LogP contribution in [0.3, 0.4) is 0 Å². The molecule has 3 aromatic carbocycles. The van der Waals surface area contributed by atoms with Gasteiger partial charge in [0.1, 0.15) is 25.6 Å². The molecule has 3 aromatic rings. The molecule has 5 rings (SSSR count). The minimum atomic E-state index is -0.158. The van der Waals surface area contributed by atoms with Crippen LogP contribution < -0.4 is 19.1 Å². The van der Waals surface area contributed by atoms with Crippen LogP contribution >= 0.6 is 11.8 Å². The topological polar surface area (TPSA) is 48.0 Å². The highest BCUT2D eigenvalue weighted by molar-refractivity contribution is 8.00. The summed E-state index contributed by atoms with van der Waals surface area (Å²) < 4.78 is 17.2. The fraction of sp³-hybridized carbons (Fsp3) is 0.208. The lowest BCUT2D eigenvalue weighted by Gasteiger charge is -2.37. The molecule has 30 heavy (non-hydrogen) atoms. The third-order valence-electron chi connectivity index (χ3n) is 5.16. The van der Waals surface area contributed by atoms with Crippen molar-refractivity contribution in [3.63, 3.8) is 0 Å². The Balaban J connectivity index is 1.39.